The van der Waals surface area contributed by atoms with Gasteiger partial charge in [0.15, 0.2) is 16.7 Å². The van der Waals surface area contributed by atoms with Gasteiger partial charge < -0.3 is 9.47 Å². The molecule has 0 bridgehead atoms. The summed E-state index contributed by atoms with van der Waals surface area (Å²) in [5.41, 5.74) is 0.713. The summed E-state index contributed by atoms with van der Waals surface area (Å²) in [6.45, 7) is 6.60. The minimum absolute atomic E-state index is 0.0142. The highest BCUT2D eigenvalue weighted by Gasteiger charge is 2.34. The third-order valence-electron chi connectivity index (χ3n) is 5.75. The summed E-state index contributed by atoms with van der Waals surface area (Å²) in [5, 5.41) is 0.469. The maximum atomic E-state index is 13.1. The van der Waals surface area contributed by atoms with Crippen LogP contribution >= 0.6 is 23.4 Å². The van der Waals surface area contributed by atoms with Gasteiger partial charge in [-0.2, -0.15) is 8.42 Å². The Bertz CT molecular complexity index is 1290. The van der Waals surface area contributed by atoms with Crippen LogP contribution in [0.5, 0.6) is 11.5 Å². The Balaban J connectivity index is 1.76. The van der Waals surface area contributed by atoms with Crippen LogP contribution in [0.4, 0.5) is 0 Å². The highest BCUT2D eigenvalue weighted by molar-refractivity contribution is 8.19. The summed E-state index contributed by atoms with van der Waals surface area (Å²) in [6, 6.07) is 11.1. The van der Waals surface area contributed by atoms with Crippen LogP contribution in [0.15, 0.2) is 69.3 Å². The number of carbonyl (C=O) groups is 1. The molecule has 1 saturated heterocycles. The first kappa shape index (κ1) is 29.8. The summed E-state index contributed by atoms with van der Waals surface area (Å²) in [5.74, 6) is 0.837. The van der Waals surface area contributed by atoms with Crippen molar-refractivity contribution < 1.29 is 22.7 Å². The summed E-state index contributed by atoms with van der Waals surface area (Å²) in [6.07, 6.45) is 10.3. The van der Waals surface area contributed by atoms with E-state index in [0.29, 0.717) is 33.6 Å². The molecule has 0 radical (unpaired) electrons. The topological polar surface area (TPSA) is 85.3 Å². The van der Waals surface area contributed by atoms with E-state index < -0.39 is 10.0 Å². The SMILES string of the molecule is C=CCN1C(=O)/C(=C/c2ccc(OCCCCCCCC)c(OC)c2)SC1=NS(=O)(=O)c1ccc(Cl)cc1. The van der Waals surface area contributed by atoms with E-state index >= 15 is 0 Å². The summed E-state index contributed by atoms with van der Waals surface area (Å²) in [7, 11) is -2.48. The highest BCUT2D eigenvalue weighted by Crippen LogP contribution is 2.35. The molecule has 2 aromatic rings. The molecule has 7 nitrogen and oxygen atoms in total. The van der Waals surface area contributed by atoms with Crippen LogP contribution in [0.25, 0.3) is 6.08 Å². The third-order valence-corrected chi connectivity index (χ3v) is 8.41. The predicted octanol–water partition coefficient (Wildman–Crippen LogP) is 6.94. The molecule has 0 aliphatic carbocycles. The lowest BCUT2D eigenvalue weighted by molar-refractivity contribution is -0.121. The van der Waals surface area contributed by atoms with E-state index in [4.69, 9.17) is 21.1 Å². The van der Waals surface area contributed by atoms with Gasteiger partial charge in [-0.3, -0.25) is 9.69 Å². The Labute approximate surface area is 234 Å². The standard InChI is InChI=1S/C28H33ClN2O5S2/c1-4-6-7-8-9-10-18-36-24-16-11-21(19-25(24)35-3)20-26-27(32)31(17-5-2)28(37-26)30-38(33,34)23-14-12-22(29)13-15-23/h5,11-16,19-20H,2,4,6-10,17-18H2,1,3H3/b26-20-,30-28?. The van der Waals surface area contributed by atoms with E-state index in [1.807, 2.05) is 12.1 Å². The van der Waals surface area contributed by atoms with Crippen LogP contribution in [0, 0.1) is 0 Å². The number of hydrogen-bond donors (Lipinski definition) is 0. The number of benzene rings is 2. The van der Waals surface area contributed by atoms with E-state index in [0.717, 1.165) is 24.6 Å². The molecule has 1 amide bonds. The molecule has 1 aliphatic heterocycles. The second-order valence-corrected chi connectivity index (χ2v) is 11.7. The van der Waals surface area contributed by atoms with E-state index in [1.54, 1.807) is 19.3 Å². The maximum absolute atomic E-state index is 13.1. The smallest absolute Gasteiger partial charge is 0.284 e. The molecular weight excluding hydrogens is 544 g/mol. The first-order valence-corrected chi connectivity index (χ1v) is 15.2. The zero-order chi connectivity index (χ0) is 27.5. The molecule has 1 aliphatic rings. The fourth-order valence-electron chi connectivity index (χ4n) is 3.74. The van der Waals surface area contributed by atoms with Crippen molar-refractivity contribution in [1.29, 1.82) is 0 Å². The number of rotatable bonds is 14. The number of ether oxygens (including phenoxy) is 2. The van der Waals surface area contributed by atoms with Crippen molar-refractivity contribution in [3.05, 3.63) is 70.6 Å². The van der Waals surface area contributed by atoms with Crippen LogP contribution in [0.3, 0.4) is 0 Å². The Kier molecular flexibility index (Phi) is 11.3. The van der Waals surface area contributed by atoms with Crippen LogP contribution < -0.4 is 9.47 Å². The molecule has 0 unspecified atom stereocenters. The van der Waals surface area contributed by atoms with Gasteiger partial charge in [0.2, 0.25) is 0 Å². The number of halogens is 1. The zero-order valence-electron chi connectivity index (χ0n) is 21.7. The van der Waals surface area contributed by atoms with Crippen molar-refractivity contribution in [1.82, 2.24) is 4.90 Å². The molecule has 2 aromatic carbocycles. The minimum atomic E-state index is -4.05. The van der Waals surface area contributed by atoms with Gasteiger partial charge >= 0.3 is 0 Å². The number of methoxy groups -OCH3 is 1. The average molecular weight is 577 g/mol. The number of amidine groups is 1. The molecule has 0 aromatic heterocycles. The van der Waals surface area contributed by atoms with Crippen LogP contribution in [0.1, 0.15) is 51.0 Å². The van der Waals surface area contributed by atoms with E-state index in [2.05, 4.69) is 17.9 Å². The molecule has 1 fully saturated rings. The number of nitrogens with zero attached hydrogens (tertiary/aromatic N) is 2. The van der Waals surface area contributed by atoms with Gasteiger partial charge in [0.1, 0.15) is 0 Å². The van der Waals surface area contributed by atoms with E-state index in [9.17, 15) is 13.2 Å². The fourth-order valence-corrected chi connectivity index (χ4v) is 6.05. The Hall–Kier alpha value is -2.75. The first-order valence-electron chi connectivity index (χ1n) is 12.5. The molecule has 0 spiro atoms. The Morgan fingerprint density at radius 2 is 1.76 bits per heavy atom. The van der Waals surface area contributed by atoms with Gasteiger partial charge in [0.05, 0.1) is 23.5 Å². The zero-order valence-corrected chi connectivity index (χ0v) is 24.1. The van der Waals surface area contributed by atoms with Crippen molar-refractivity contribution in [2.24, 2.45) is 4.40 Å². The number of amides is 1. The molecule has 0 atom stereocenters. The molecule has 38 heavy (non-hydrogen) atoms. The van der Waals surface area contributed by atoms with E-state index in [1.165, 1.54) is 60.9 Å². The molecule has 3 rings (SSSR count). The van der Waals surface area contributed by atoms with Crippen molar-refractivity contribution >= 4 is 50.5 Å². The lowest BCUT2D eigenvalue weighted by atomic mass is 10.1. The van der Waals surface area contributed by atoms with Crippen molar-refractivity contribution in [2.75, 3.05) is 20.3 Å². The average Bonchev–Trinajstić information content (AvgIpc) is 3.17. The maximum Gasteiger partial charge on any atom is 0.284 e. The molecule has 204 valence electrons. The van der Waals surface area contributed by atoms with Gasteiger partial charge in [-0.1, -0.05) is 62.8 Å². The number of sulfonamides is 1. The molecule has 0 saturated carbocycles. The third kappa shape index (κ3) is 8.12. The minimum Gasteiger partial charge on any atom is -0.493 e. The number of carbonyl (C=O) groups excluding carboxylic acids is 1. The number of unbranched alkanes of at least 4 members (excludes halogenated alkanes) is 5. The monoisotopic (exact) mass is 576 g/mol. The van der Waals surface area contributed by atoms with Crippen molar-refractivity contribution in [3.8, 4) is 11.5 Å². The highest BCUT2D eigenvalue weighted by atomic mass is 35.5. The molecule has 0 N–H and O–H groups in total. The van der Waals surface area contributed by atoms with Crippen LogP contribution in [0.2, 0.25) is 5.02 Å². The molecular formula is C28H33ClN2O5S2. The fraction of sp³-hybridized carbons (Fsp3) is 0.357. The summed E-state index contributed by atoms with van der Waals surface area (Å²) in [4.78, 5) is 14.7. The van der Waals surface area contributed by atoms with Gasteiger partial charge in [-0.05, 0) is 66.2 Å². The van der Waals surface area contributed by atoms with Crippen LogP contribution in [-0.4, -0.2) is 44.7 Å². The normalized spacial score (nSPS) is 15.9. The van der Waals surface area contributed by atoms with Crippen molar-refractivity contribution in [2.45, 2.75) is 50.3 Å². The van der Waals surface area contributed by atoms with E-state index in [-0.39, 0.29) is 22.5 Å². The second kappa shape index (κ2) is 14.4. The van der Waals surface area contributed by atoms with Crippen molar-refractivity contribution in [3.63, 3.8) is 0 Å². The van der Waals surface area contributed by atoms with Crippen LogP contribution in [-0.2, 0) is 14.8 Å². The number of hydrogen-bond acceptors (Lipinski definition) is 6. The van der Waals surface area contributed by atoms with Gasteiger partial charge in [0.25, 0.3) is 15.9 Å². The second-order valence-electron chi connectivity index (χ2n) is 8.64. The lowest BCUT2D eigenvalue weighted by Crippen LogP contribution is -2.29. The van der Waals surface area contributed by atoms with Gasteiger partial charge in [0, 0.05) is 11.6 Å². The lowest BCUT2D eigenvalue weighted by Gasteiger charge is -2.12. The summed E-state index contributed by atoms with van der Waals surface area (Å²) >= 11 is 6.86. The quantitative estimate of drug-likeness (QED) is 0.138. The van der Waals surface area contributed by atoms with Gasteiger partial charge in [-0.25, -0.2) is 0 Å². The molecule has 10 heteroatoms. The number of thioether (sulfide) groups is 1. The van der Waals surface area contributed by atoms with Gasteiger partial charge in [-0.15, -0.1) is 11.0 Å². The molecule has 1 heterocycles. The summed E-state index contributed by atoms with van der Waals surface area (Å²) < 4.78 is 41.1. The Morgan fingerprint density at radius 3 is 2.45 bits per heavy atom. The predicted molar refractivity (Wildman–Crippen MR) is 155 cm³/mol. The largest absolute Gasteiger partial charge is 0.493 e. The Morgan fingerprint density at radius 1 is 1.05 bits per heavy atom. The first-order chi connectivity index (χ1) is 18.3.